The van der Waals surface area contributed by atoms with Gasteiger partial charge in [0.15, 0.2) is 17.5 Å². The molecule has 0 saturated carbocycles. The smallest absolute Gasteiger partial charge is 0.165 e. The summed E-state index contributed by atoms with van der Waals surface area (Å²) in [7, 11) is 0. The monoisotopic (exact) mass is 683 g/mol. The van der Waals surface area contributed by atoms with Crippen molar-refractivity contribution in [2.75, 3.05) is 0 Å². The summed E-state index contributed by atoms with van der Waals surface area (Å²) in [5.41, 5.74) is 12.8. The minimum atomic E-state index is -0.0305. The van der Waals surface area contributed by atoms with Crippen LogP contribution in [0.1, 0.15) is 25.0 Å². The summed E-state index contributed by atoms with van der Waals surface area (Å²) in [4.78, 5) is 15.7. The largest absolute Gasteiger partial charge is 0.208 e. The van der Waals surface area contributed by atoms with Crippen LogP contribution < -0.4 is 0 Å². The summed E-state index contributed by atoms with van der Waals surface area (Å²) in [6.45, 7) is 4.65. The van der Waals surface area contributed by atoms with Crippen molar-refractivity contribution in [1.82, 2.24) is 15.0 Å². The van der Waals surface area contributed by atoms with Crippen LogP contribution in [0.2, 0.25) is 0 Å². The van der Waals surface area contributed by atoms with E-state index in [2.05, 4.69) is 172 Å². The lowest BCUT2D eigenvalue weighted by molar-refractivity contribution is 0.660. The van der Waals surface area contributed by atoms with E-state index in [1.165, 1.54) is 48.0 Å². The van der Waals surface area contributed by atoms with Crippen molar-refractivity contribution < 1.29 is 0 Å². The minimum absolute atomic E-state index is 0.0305. The van der Waals surface area contributed by atoms with Crippen LogP contribution in [0.4, 0.5) is 0 Å². The minimum Gasteiger partial charge on any atom is -0.208 e. The van der Waals surface area contributed by atoms with Crippen molar-refractivity contribution in [3.63, 3.8) is 0 Å². The average Bonchev–Trinajstić information content (AvgIpc) is 3.70. The predicted molar refractivity (Wildman–Crippen MR) is 217 cm³/mol. The highest BCUT2D eigenvalue weighted by atomic mass is 32.1. The van der Waals surface area contributed by atoms with Crippen molar-refractivity contribution >= 4 is 31.5 Å². The lowest BCUT2D eigenvalue weighted by Gasteiger charge is -2.21. The zero-order chi connectivity index (χ0) is 34.8. The van der Waals surface area contributed by atoms with Gasteiger partial charge in [-0.05, 0) is 68.8 Å². The quantitative estimate of drug-likeness (QED) is 0.181. The van der Waals surface area contributed by atoms with E-state index in [4.69, 9.17) is 15.0 Å². The number of hydrogen-bond donors (Lipinski definition) is 0. The first-order chi connectivity index (χ1) is 25.5. The molecule has 0 atom stereocenters. The van der Waals surface area contributed by atoms with Crippen LogP contribution >= 0.6 is 11.3 Å². The third kappa shape index (κ3) is 4.90. The van der Waals surface area contributed by atoms with Gasteiger partial charge in [0.2, 0.25) is 0 Å². The maximum Gasteiger partial charge on any atom is 0.165 e. The Balaban J connectivity index is 1.16. The van der Waals surface area contributed by atoms with E-state index in [9.17, 15) is 0 Å². The molecule has 2 aromatic heterocycles. The number of hydrogen-bond acceptors (Lipinski definition) is 4. The van der Waals surface area contributed by atoms with Gasteiger partial charge in [-0.2, -0.15) is 0 Å². The van der Waals surface area contributed by atoms with Crippen molar-refractivity contribution in [2.45, 2.75) is 19.3 Å². The fourth-order valence-corrected chi connectivity index (χ4v) is 9.17. The Labute approximate surface area is 307 Å². The predicted octanol–water partition coefficient (Wildman–Crippen LogP) is 12.9. The molecule has 4 heteroatoms. The first kappa shape index (κ1) is 30.6. The molecule has 0 fully saturated rings. The van der Waals surface area contributed by atoms with Crippen molar-refractivity contribution in [3.05, 3.63) is 175 Å². The summed E-state index contributed by atoms with van der Waals surface area (Å²) in [5, 5.41) is 2.47. The topological polar surface area (TPSA) is 38.7 Å². The normalized spacial score (nSPS) is 13.0. The van der Waals surface area contributed by atoms with Crippen LogP contribution in [0.3, 0.4) is 0 Å². The number of aromatic nitrogens is 3. The van der Waals surface area contributed by atoms with Crippen LogP contribution in [0.15, 0.2) is 164 Å². The molecule has 0 saturated heterocycles. The van der Waals surface area contributed by atoms with Gasteiger partial charge >= 0.3 is 0 Å². The van der Waals surface area contributed by atoms with Crippen LogP contribution in [-0.4, -0.2) is 15.0 Å². The Morgan fingerprint density at radius 2 is 0.962 bits per heavy atom. The highest BCUT2D eigenvalue weighted by molar-refractivity contribution is 7.26. The van der Waals surface area contributed by atoms with Gasteiger partial charge in [-0.3, -0.25) is 0 Å². The van der Waals surface area contributed by atoms with Gasteiger partial charge in [0.1, 0.15) is 0 Å². The molecule has 0 spiro atoms. The van der Waals surface area contributed by atoms with Crippen LogP contribution in [0.5, 0.6) is 0 Å². The third-order valence-electron chi connectivity index (χ3n) is 10.6. The second kappa shape index (κ2) is 11.9. The second-order valence-corrected chi connectivity index (χ2v) is 15.1. The molecule has 0 radical (unpaired) electrons. The van der Waals surface area contributed by atoms with Crippen molar-refractivity contribution in [2.24, 2.45) is 0 Å². The fourth-order valence-electron chi connectivity index (χ4n) is 7.95. The first-order valence-corrected chi connectivity index (χ1v) is 18.5. The van der Waals surface area contributed by atoms with E-state index in [0.717, 1.165) is 33.4 Å². The van der Waals surface area contributed by atoms with Gasteiger partial charge < -0.3 is 0 Å². The zero-order valence-corrected chi connectivity index (χ0v) is 29.7. The SMILES string of the molecule is CC1(C)c2ccccc2-c2cc(-c3cccc(-c4nc(-c5ccccc5-c5ccccc5)nc(-c5cccc6c5sc5ccccc56)n4)c3)ccc21. The molecule has 7 aromatic carbocycles. The van der Waals surface area contributed by atoms with Crippen LogP contribution in [0.25, 0.3) is 87.7 Å². The molecule has 2 heterocycles. The number of nitrogens with zero attached hydrogens (tertiary/aromatic N) is 3. The molecule has 246 valence electrons. The first-order valence-electron chi connectivity index (χ1n) is 17.7. The van der Waals surface area contributed by atoms with E-state index >= 15 is 0 Å². The average molecular weight is 684 g/mol. The summed E-state index contributed by atoms with van der Waals surface area (Å²) >= 11 is 1.79. The Morgan fingerprint density at radius 1 is 0.385 bits per heavy atom. The standard InChI is InChI=1S/C48H33N3S/c1-48(2)41-24-10-8-19-35(41)40-29-32(26-27-42(40)48)31-16-12-17-33(28-31)45-49-46(38-21-7-6-18-34(38)30-14-4-3-5-15-30)51-47(50-45)39-23-13-22-37-36-20-9-11-25-43(36)52-44(37)39/h3-29H,1-2H3. The number of fused-ring (bicyclic) bond motifs is 6. The Morgan fingerprint density at radius 3 is 1.83 bits per heavy atom. The van der Waals surface area contributed by atoms with E-state index in [1.807, 2.05) is 6.07 Å². The maximum atomic E-state index is 5.25. The molecule has 0 N–H and O–H groups in total. The molecule has 1 aliphatic carbocycles. The summed E-state index contributed by atoms with van der Waals surface area (Å²) in [5.74, 6) is 1.97. The number of rotatable bonds is 5. The number of benzene rings is 7. The molecule has 10 rings (SSSR count). The Hall–Kier alpha value is -6.23. The highest BCUT2D eigenvalue weighted by Crippen LogP contribution is 2.49. The van der Waals surface area contributed by atoms with Gasteiger partial charge in [0, 0.05) is 42.3 Å². The molecular formula is C48H33N3S. The molecule has 0 bridgehead atoms. The lowest BCUT2D eigenvalue weighted by Crippen LogP contribution is -2.14. The van der Waals surface area contributed by atoms with E-state index in [-0.39, 0.29) is 5.41 Å². The summed E-state index contributed by atoms with van der Waals surface area (Å²) in [6, 6.07) is 58.3. The molecule has 0 amide bonds. The van der Waals surface area contributed by atoms with Gasteiger partial charge in [-0.25, -0.2) is 15.0 Å². The van der Waals surface area contributed by atoms with E-state index in [1.54, 1.807) is 11.3 Å². The maximum absolute atomic E-state index is 5.25. The summed E-state index contributed by atoms with van der Waals surface area (Å²) in [6.07, 6.45) is 0. The van der Waals surface area contributed by atoms with Gasteiger partial charge in [0.25, 0.3) is 0 Å². The zero-order valence-electron chi connectivity index (χ0n) is 28.8. The highest BCUT2D eigenvalue weighted by Gasteiger charge is 2.35. The van der Waals surface area contributed by atoms with Gasteiger partial charge in [-0.1, -0.05) is 153 Å². The number of thiophene rings is 1. The molecule has 0 aliphatic heterocycles. The molecule has 0 unspecified atom stereocenters. The fraction of sp³-hybridized carbons (Fsp3) is 0.0625. The Bertz CT molecular complexity index is 2830. The van der Waals surface area contributed by atoms with Crippen molar-refractivity contribution in [1.29, 1.82) is 0 Å². The Kier molecular flexibility index (Phi) is 7.02. The van der Waals surface area contributed by atoms with Crippen molar-refractivity contribution in [3.8, 4) is 67.5 Å². The second-order valence-electron chi connectivity index (χ2n) is 14.0. The molecular weight excluding hydrogens is 651 g/mol. The van der Waals surface area contributed by atoms with Crippen LogP contribution in [-0.2, 0) is 5.41 Å². The third-order valence-corrected chi connectivity index (χ3v) is 11.8. The molecule has 52 heavy (non-hydrogen) atoms. The van der Waals surface area contributed by atoms with Gasteiger partial charge in [-0.15, -0.1) is 11.3 Å². The molecule has 9 aromatic rings. The van der Waals surface area contributed by atoms with E-state index in [0.29, 0.717) is 17.5 Å². The lowest BCUT2D eigenvalue weighted by atomic mass is 9.82. The molecule has 3 nitrogen and oxygen atoms in total. The van der Waals surface area contributed by atoms with Crippen LogP contribution in [0, 0.1) is 0 Å². The van der Waals surface area contributed by atoms with Gasteiger partial charge in [0.05, 0.1) is 0 Å². The molecule has 1 aliphatic rings. The summed E-state index contributed by atoms with van der Waals surface area (Å²) < 4.78 is 2.43. The van der Waals surface area contributed by atoms with E-state index < -0.39 is 0 Å².